The van der Waals surface area contributed by atoms with E-state index in [1.54, 1.807) is 17.0 Å². The van der Waals surface area contributed by atoms with Crippen LogP contribution < -0.4 is 5.32 Å². The molecule has 2 aromatic rings. The van der Waals surface area contributed by atoms with Gasteiger partial charge in [0.1, 0.15) is 5.82 Å². The predicted molar refractivity (Wildman–Crippen MR) is 141 cm³/mol. The van der Waals surface area contributed by atoms with Crippen molar-refractivity contribution in [1.29, 1.82) is 0 Å². The maximum atomic E-state index is 13.4. The van der Waals surface area contributed by atoms with Crippen molar-refractivity contribution in [3.63, 3.8) is 0 Å². The number of amides is 3. The van der Waals surface area contributed by atoms with Crippen molar-refractivity contribution >= 4 is 11.9 Å². The lowest BCUT2D eigenvalue weighted by Crippen LogP contribution is -2.52. The Kier molecular flexibility index (Phi) is 10.0. The van der Waals surface area contributed by atoms with Gasteiger partial charge in [-0.3, -0.25) is 9.69 Å². The van der Waals surface area contributed by atoms with Gasteiger partial charge in [-0.2, -0.15) is 26.3 Å². The zero-order valence-electron chi connectivity index (χ0n) is 22.9. The summed E-state index contributed by atoms with van der Waals surface area (Å²) in [5, 5.41) is 3.09. The fraction of sp³-hybridized carbons (Fsp3) is 0.517. The zero-order chi connectivity index (χ0) is 30.5. The molecular weight excluding hydrogens is 569 g/mol. The Morgan fingerprint density at radius 1 is 0.833 bits per heavy atom. The summed E-state index contributed by atoms with van der Waals surface area (Å²) in [5.74, 6) is -1.29. The van der Waals surface area contributed by atoms with Crippen molar-refractivity contribution in [1.82, 2.24) is 20.0 Å². The monoisotopic (exact) mass is 602 g/mol. The number of piperazine rings is 1. The predicted octanol–water partition coefficient (Wildman–Crippen LogP) is 6.17. The van der Waals surface area contributed by atoms with Crippen LogP contribution in [0.2, 0.25) is 0 Å². The summed E-state index contributed by atoms with van der Waals surface area (Å²) >= 11 is 0. The zero-order valence-corrected chi connectivity index (χ0v) is 22.9. The third kappa shape index (κ3) is 8.59. The second-order valence-electron chi connectivity index (χ2n) is 10.8. The third-order valence-electron chi connectivity index (χ3n) is 7.69. The molecule has 0 atom stereocenters. The van der Waals surface area contributed by atoms with Gasteiger partial charge in [0.05, 0.1) is 11.1 Å². The average Bonchev–Trinajstić information content (AvgIpc) is 2.95. The molecule has 6 nitrogen and oxygen atoms in total. The second kappa shape index (κ2) is 13.3. The molecule has 1 aliphatic heterocycles. The number of halogens is 7. The minimum atomic E-state index is -5.04. The third-order valence-corrected chi connectivity index (χ3v) is 7.69. The smallest absolute Gasteiger partial charge is 0.336 e. The van der Waals surface area contributed by atoms with Crippen LogP contribution in [0.3, 0.4) is 0 Å². The molecule has 0 aromatic heterocycles. The van der Waals surface area contributed by atoms with Crippen molar-refractivity contribution in [2.24, 2.45) is 0 Å². The molecule has 0 radical (unpaired) electrons. The number of benzene rings is 2. The van der Waals surface area contributed by atoms with E-state index in [2.05, 4.69) is 5.32 Å². The quantitative estimate of drug-likeness (QED) is 0.386. The molecule has 4 rings (SSSR count). The summed E-state index contributed by atoms with van der Waals surface area (Å²) in [6.45, 7) is 1.87. The molecule has 13 heteroatoms. The molecule has 3 amide bonds. The lowest BCUT2D eigenvalue weighted by atomic mass is 9.96. The van der Waals surface area contributed by atoms with Gasteiger partial charge in [0.25, 0.3) is 5.91 Å². The average molecular weight is 603 g/mol. The van der Waals surface area contributed by atoms with Gasteiger partial charge in [0.15, 0.2) is 0 Å². The molecule has 42 heavy (non-hydrogen) atoms. The fourth-order valence-electron chi connectivity index (χ4n) is 5.27. The molecular formula is C29H33F7N4O2. The van der Waals surface area contributed by atoms with Gasteiger partial charge in [0.2, 0.25) is 0 Å². The first-order valence-corrected chi connectivity index (χ1v) is 13.9. The number of urea groups is 1. The van der Waals surface area contributed by atoms with Gasteiger partial charge < -0.3 is 15.1 Å². The minimum Gasteiger partial charge on any atom is -0.336 e. The highest BCUT2D eigenvalue weighted by atomic mass is 19.4. The number of nitrogens with zero attached hydrogens (tertiary/aromatic N) is 3. The largest absolute Gasteiger partial charge is 0.416 e. The number of carbonyl (C=O) groups excluding carboxylic acids is 2. The van der Waals surface area contributed by atoms with Gasteiger partial charge >= 0.3 is 18.4 Å². The topological polar surface area (TPSA) is 55.9 Å². The number of nitrogens with one attached hydrogen (secondary N) is 1. The normalized spacial score (nSPS) is 17.3. The van der Waals surface area contributed by atoms with Crippen molar-refractivity contribution < 1.29 is 40.3 Å². The first-order chi connectivity index (χ1) is 19.8. The summed E-state index contributed by atoms with van der Waals surface area (Å²) in [7, 11) is 0. The number of alkyl halides is 6. The van der Waals surface area contributed by atoms with Gasteiger partial charge in [-0.15, -0.1) is 0 Å². The van der Waals surface area contributed by atoms with Gasteiger partial charge in [0, 0.05) is 57.4 Å². The Morgan fingerprint density at radius 3 is 1.95 bits per heavy atom. The second-order valence-corrected chi connectivity index (χ2v) is 10.8. The van der Waals surface area contributed by atoms with Crippen LogP contribution in [0.4, 0.5) is 35.5 Å². The van der Waals surface area contributed by atoms with Crippen LogP contribution in [0.15, 0.2) is 42.5 Å². The summed E-state index contributed by atoms with van der Waals surface area (Å²) in [6.07, 6.45) is -5.05. The number of carbonyl (C=O) groups is 2. The molecule has 1 heterocycles. The maximum absolute atomic E-state index is 13.4. The molecule has 230 valence electrons. The van der Waals surface area contributed by atoms with Crippen LogP contribution in [-0.2, 0) is 18.9 Å². The Balaban J connectivity index is 1.37. The van der Waals surface area contributed by atoms with Crippen LogP contribution in [0.5, 0.6) is 0 Å². The van der Waals surface area contributed by atoms with Crippen molar-refractivity contribution in [3.05, 3.63) is 70.5 Å². The first-order valence-electron chi connectivity index (χ1n) is 13.9. The Morgan fingerprint density at radius 2 is 1.40 bits per heavy atom. The van der Waals surface area contributed by atoms with Crippen LogP contribution in [0.25, 0.3) is 0 Å². The van der Waals surface area contributed by atoms with E-state index in [4.69, 9.17) is 0 Å². The molecule has 1 saturated carbocycles. The fourth-order valence-corrected chi connectivity index (χ4v) is 5.27. The Bertz CT molecular complexity index is 1190. The van der Waals surface area contributed by atoms with E-state index < -0.39 is 35.0 Å². The molecule has 1 N–H and O–H groups in total. The Labute approximate surface area is 239 Å². The van der Waals surface area contributed by atoms with E-state index in [1.807, 2.05) is 4.90 Å². The Hall–Kier alpha value is -3.35. The summed E-state index contributed by atoms with van der Waals surface area (Å²) in [4.78, 5) is 30.9. The van der Waals surface area contributed by atoms with Crippen LogP contribution in [-0.4, -0.2) is 71.9 Å². The number of hydrogen-bond acceptors (Lipinski definition) is 3. The molecule has 0 bridgehead atoms. The SMILES string of the molecule is O=C(NC1CCCCC1)N(CCN1CCN(C(=O)c2cc(C(F)(F)F)cc(C(F)(F)F)c2)CC1)Cc1ccc(F)cc1. The van der Waals surface area contributed by atoms with Crippen molar-refractivity contribution in [2.75, 3.05) is 39.3 Å². The summed E-state index contributed by atoms with van der Waals surface area (Å²) in [5.41, 5.74) is -2.99. The highest BCUT2D eigenvalue weighted by Crippen LogP contribution is 2.36. The van der Waals surface area contributed by atoms with E-state index in [0.29, 0.717) is 38.3 Å². The van der Waals surface area contributed by atoms with Crippen molar-refractivity contribution in [2.45, 2.75) is 57.0 Å². The standard InChI is InChI=1S/C29H33F7N4O2/c30-24-8-6-20(7-9-24)19-40(27(42)37-25-4-2-1-3-5-25)15-12-38-10-13-39(14-11-38)26(41)21-16-22(28(31,32)33)18-23(17-21)29(34,35)36/h6-9,16-18,25H,1-5,10-15,19H2,(H,37,42). The lowest BCUT2D eigenvalue weighted by molar-refractivity contribution is -0.143. The summed E-state index contributed by atoms with van der Waals surface area (Å²) < 4.78 is 92.8. The number of rotatable bonds is 7. The summed E-state index contributed by atoms with van der Waals surface area (Å²) in [6, 6.07) is 6.61. The highest BCUT2D eigenvalue weighted by Gasteiger charge is 2.38. The van der Waals surface area contributed by atoms with Crippen LogP contribution in [0, 0.1) is 5.82 Å². The first kappa shape index (κ1) is 31.6. The highest BCUT2D eigenvalue weighted by molar-refractivity contribution is 5.94. The maximum Gasteiger partial charge on any atom is 0.416 e. The van der Waals surface area contributed by atoms with Gasteiger partial charge in [-0.1, -0.05) is 31.4 Å². The molecule has 0 unspecified atom stereocenters. The van der Waals surface area contributed by atoms with Crippen molar-refractivity contribution in [3.8, 4) is 0 Å². The number of hydrogen-bond donors (Lipinski definition) is 1. The van der Waals surface area contributed by atoms with Crippen LogP contribution >= 0.6 is 0 Å². The molecule has 0 spiro atoms. The molecule has 1 saturated heterocycles. The van der Waals surface area contributed by atoms with E-state index >= 15 is 0 Å². The molecule has 2 aromatic carbocycles. The molecule has 2 aliphatic rings. The molecule has 1 aliphatic carbocycles. The van der Waals surface area contributed by atoms with E-state index in [9.17, 15) is 40.3 Å². The van der Waals surface area contributed by atoms with Crippen LogP contribution in [0.1, 0.15) is 59.2 Å². The van der Waals surface area contributed by atoms with E-state index in [-0.39, 0.29) is 43.6 Å². The van der Waals surface area contributed by atoms with Gasteiger partial charge in [-0.25, -0.2) is 9.18 Å². The van der Waals surface area contributed by atoms with Gasteiger partial charge in [-0.05, 0) is 48.7 Å². The van der Waals surface area contributed by atoms with E-state index in [1.165, 1.54) is 17.0 Å². The molecule has 2 fully saturated rings. The minimum absolute atomic E-state index is 0.00315. The lowest BCUT2D eigenvalue weighted by Gasteiger charge is -2.36. The van der Waals surface area contributed by atoms with E-state index in [0.717, 1.165) is 37.7 Å².